The highest BCUT2D eigenvalue weighted by Gasteiger charge is 2.22. The lowest BCUT2D eigenvalue weighted by Gasteiger charge is -2.15. The second-order valence-electron chi connectivity index (χ2n) is 6.29. The molecule has 0 bridgehead atoms. The van der Waals surface area contributed by atoms with Crippen LogP contribution in [0.1, 0.15) is 15.9 Å². The lowest BCUT2D eigenvalue weighted by molar-refractivity contribution is 0.103. The van der Waals surface area contributed by atoms with Crippen LogP contribution in [0.15, 0.2) is 65.8 Å². The highest BCUT2D eigenvalue weighted by molar-refractivity contribution is 6.12. The summed E-state index contributed by atoms with van der Waals surface area (Å²) in [6.45, 7) is 0. The van der Waals surface area contributed by atoms with Crippen LogP contribution in [-0.2, 0) is 0 Å². The van der Waals surface area contributed by atoms with Gasteiger partial charge < -0.3 is 18.6 Å². The Morgan fingerprint density at radius 3 is 2.33 bits per heavy atom. The fraction of sp³-hybridized carbons (Fsp3) is 0.136. The third kappa shape index (κ3) is 3.39. The van der Waals surface area contributed by atoms with Gasteiger partial charge in [-0.15, -0.1) is 0 Å². The van der Waals surface area contributed by atoms with E-state index in [-0.39, 0.29) is 5.78 Å². The van der Waals surface area contributed by atoms with Gasteiger partial charge in [-0.05, 0) is 42.5 Å². The lowest BCUT2D eigenvalue weighted by atomic mass is 9.98. The maximum absolute atomic E-state index is 13.6. The maximum atomic E-state index is 13.6. The molecule has 0 radical (unpaired) electrons. The number of ketones is 1. The fourth-order valence-corrected chi connectivity index (χ4v) is 3.21. The number of benzene rings is 2. The van der Waals surface area contributed by atoms with E-state index in [1.807, 2.05) is 12.1 Å². The van der Waals surface area contributed by atoms with Crippen molar-refractivity contribution in [1.29, 1.82) is 0 Å². The standard InChI is InChI=1S/C22H19N3O5/c1-27-19-10-15(11-20(28-2)22(19)29-3)21(26)16-9-14(18-5-4-8-30-18)6-7-17(16)25-13-23-12-24-25/h4-13H,1-3H3. The summed E-state index contributed by atoms with van der Waals surface area (Å²) in [6.07, 6.45) is 4.53. The zero-order chi connectivity index (χ0) is 21.1. The molecule has 0 saturated heterocycles. The minimum atomic E-state index is -0.242. The molecule has 0 spiro atoms. The fourth-order valence-electron chi connectivity index (χ4n) is 3.21. The minimum Gasteiger partial charge on any atom is -0.493 e. The number of ether oxygens (including phenoxy) is 3. The van der Waals surface area contributed by atoms with E-state index in [1.165, 1.54) is 38.7 Å². The zero-order valence-corrected chi connectivity index (χ0v) is 16.7. The highest BCUT2D eigenvalue weighted by atomic mass is 16.5. The number of carbonyl (C=O) groups is 1. The van der Waals surface area contributed by atoms with Crippen molar-refractivity contribution in [2.24, 2.45) is 0 Å². The summed E-state index contributed by atoms with van der Waals surface area (Å²) in [7, 11) is 4.52. The van der Waals surface area contributed by atoms with Gasteiger partial charge in [-0.3, -0.25) is 4.79 Å². The molecule has 30 heavy (non-hydrogen) atoms. The summed E-state index contributed by atoms with van der Waals surface area (Å²) in [4.78, 5) is 17.6. The Kier molecular flexibility index (Phi) is 5.21. The number of carbonyl (C=O) groups excluding carboxylic acids is 1. The summed E-state index contributed by atoms with van der Waals surface area (Å²) < 4.78 is 23.2. The molecule has 0 fully saturated rings. The van der Waals surface area contributed by atoms with E-state index in [9.17, 15) is 4.79 Å². The highest BCUT2D eigenvalue weighted by Crippen LogP contribution is 2.39. The molecule has 0 aliphatic carbocycles. The Labute approximate surface area is 172 Å². The predicted octanol–water partition coefficient (Wildman–Crippen LogP) is 3.78. The molecular weight excluding hydrogens is 386 g/mol. The van der Waals surface area contributed by atoms with Gasteiger partial charge in [0.2, 0.25) is 5.75 Å². The van der Waals surface area contributed by atoms with Gasteiger partial charge in [0.1, 0.15) is 18.4 Å². The summed E-state index contributed by atoms with van der Waals surface area (Å²) in [5.41, 5.74) is 2.15. The lowest BCUT2D eigenvalue weighted by Crippen LogP contribution is -2.09. The molecule has 2 heterocycles. The van der Waals surface area contributed by atoms with Crippen molar-refractivity contribution in [3.63, 3.8) is 0 Å². The summed E-state index contributed by atoms with van der Waals surface area (Å²) in [5.74, 6) is 1.61. The Morgan fingerprint density at radius 1 is 1.00 bits per heavy atom. The second-order valence-corrected chi connectivity index (χ2v) is 6.29. The smallest absolute Gasteiger partial charge is 0.203 e. The third-order valence-corrected chi connectivity index (χ3v) is 4.64. The Morgan fingerprint density at radius 2 is 1.77 bits per heavy atom. The number of rotatable bonds is 7. The molecular formula is C22H19N3O5. The first-order valence-electron chi connectivity index (χ1n) is 9.04. The molecule has 0 unspecified atom stereocenters. The quantitative estimate of drug-likeness (QED) is 0.432. The van der Waals surface area contributed by atoms with Crippen LogP contribution in [0.3, 0.4) is 0 Å². The van der Waals surface area contributed by atoms with Crippen molar-refractivity contribution in [2.45, 2.75) is 0 Å². The summed E-state index contributed by atoms with van der Waals surface area (Å²) in [5, 5.41) is 4.17. The van der Waals surface area contributed by atoms with Gasteiger partial charge in [0.05, 0.1) is 33.3 Å². The topological polar surface area (TPSA) is 88.6 Å². The Bertz CT molecular complexity index is 1140. The Hall–Kier alpha value is -4.07. The minimum absolute atomic E-state index is 0.242. The van der Waals surface area contributed by atoms with E-state index in [1.54, 1.807) is 36.6 Å². The summed E-state index contributed by atoms with van der Waals surface area (Å²) >= 11 is 0. The van der Waals surface area contributed by atoms with Gasteiger partial charge in [-0.1, -0.05) is 0 Å². The van der Waals surface area contributed by atoms with E-state index in [2.05, 4.69) is 10.1 Å². The van der Waals surface area contributed by atoms with Crippen molar-refractivity contribution in [3.8, 4) is 34.3 Å². The molecule has 152 valence electrons. The van der Waals surface area contributed by atoms with E-state index in [0.29, 0.717) is 39.8 Å². The molecule has 2 aromatic carbocycles. The number of hydrogen-bond donors (Lipinski definition) is 0. The number of nitrogens with zero attached hydrogens (tertiary/aromatic N) is 3. The van der Waals surface area contributed by atoms with E-state index < -0.39 is 0 Å². The first-order chi connectivity index (χ1) is 14.7. The van der Waals surface area contributed by atoms with Crippen molar-refractivity contribution in [3.05, 3.63) is 72.5 Å². The van der Waals surface area contributed by atoms with Gasteiger partial charge in [0.15, 0.2) is 17.3 Å². The van der Waals surface area contributed by atoms with Gasteiger partial charge in [0.25, 0.3) is 0 Å². The maximum Gasteiger partial charge on any atom is 0.203 e. The third-order valence-electron chi connectivity index (χ3n) is 4.64. The summed E-state index contributed by atoms with van der Waals surface area (Å²) in [6, 6.07) is 12.3. The number of methoxy groups -OCH3 is 3. The zero-order valence-electron chi connectivity index (χ0n) is 16.7. The molecule has 0 N–H and O–H groups in total. The molecule has 0 aliphatic rings. The van der Waals surface area contributed by atoms with Crippen LogP contribution in [0.2, 0.25) is 0 Å². The van der Waals surface area contributed by atoms with Crippen LogP contribution in [0.4, 0.5) is 0 Å². The van der Waals surface area contributed by atoms with Crippen LogP contribution in [-0.4, -0.2) is 41.9 Å². The molecule has 0 saturated carbocycles. The van der Waals surface area contributed by atoms with Crippen molar-refractivity contribution < 1.29 is 23.4 Å². The van der Waals surface area contributed by atoms with E-state index >= 15 is 0 Å². The first kappa shape index (κ1) is 19.3. The van der Waals surface area contributed by atoms with Gasteiger partial charge in [0, 0.05) is 16.7 Å². The van der Waals surface area contributed by atoms with Crippen LogP contribution >= 0.6 is 0 Å². The molecule has 8 nitrogen and oxygen atoms in total. The largest absolute Gasteiger partial charge is 0.493 e. The average Bonchev–Trinajstić information content (AvgIpc) is 3.51. The predicted molar refractivity (Wildman–Crippen MR) is 109 cm³/mol. The van der Waals surface area contributed by atoms with Gasteiger partial charge in [-0.25, -0.2) is 9.67 Å². The van der Waals surface area contributed by atoms with Gasteiger partial charge in [-0.2, -0.15) is 5.10 Å². The normalized spacial score (nSPS) is 10.6. The number of furan rings is 1. The molecule has 8 heteroatoms. The Balaban J connectivity index is 1.88. The van der Waals surface area contributed by atoms with E-state index in [4.69, 9.17) is 18.6 Å². The van der Waals surface area contributed by atoms with E-state index in [0.717, 1.165) is 5.56 Å². The SMILES string of the molecule is COc1cc(C(=O)c2cc(-c3ccco3)ccc2-n2cncn2)cc(OC)c1OC. The average molecular weight is 405 g/mol. The van der Waals surface area contributed by atoms with Gasteiger partial charge >= 0.3 is 0 Å². The number of aromatic nitrogens is 3. The van der Waals surface area contributed by atoms with Crippen molar-refractivity contribution >= 4 is 5.78 Å². The number of hydrogen-bond acceptors (Lipinski definition) is 7. The van der Waals surface area contributed by atoms with Crippen molar-refractivity contribution in [1.82, 2.24) is 14.8 Å². The van der Waals surface area contributed by atoms with Crippen LogP contribution in [0.5, 0.6) is 17.2 Å². The second kappa shape index (κ2) is 8.12. The molecule has 0 atom stereocenters. The molecule has 2 aromatic heterocycles. The molecule has 0 aliphatic heterocycles. The van der Waals surface area contributed by atoms with Crippen molar-refractivity contribution in [2.75, 3.05) is 21.3 Å². The monoisotopic (exact) mass is 405 g/mol. The molecule has 0 amide bonds. The molecule has 4 aromatic rings. The van der Waals surface area contributed by atoms with Crippen LogP contribution in [0, 0.1) is 0 Å². The van der Waals surface area contributed by atoms with Crippen LogP contribution < -0.4 is 14.2 Å². The van der Waals surface area contributed by atoms with Crippen LogP contribution in [0.25, 0.3) is 17.0 Å². The first-order valence-corrected chi connectivity index (χ1v) is 9.04. The molecule has 4 rings (SSSR count).